The summed E-state index contributed by atoms with van der Waals surface area (Å²) in [6, 6.07) is 0.685. The fourth-order valence-electron chi connectivity index (χ4n) is 1.41. The molecule has 0 aliphatic heterocycles. The zero-order valence-electron chi connectivity index (χ0n) is 6.80. The Labute approximate surface area is 62.6 Å². The average Bonchev–Trinajstić information content (AvgIpc) is 1.77. The minimum Gasteiger partial charge on any atom is -0.392 e. The van der Waals surface area contributed by atoms with Crippen LogP contribution in [0.3, 0.4) is 0 Å². The van der Waals surface area contributed by atoms with Gasteiger partial charge >= 0.3 is 0 Å². The molecule has 0 amide bonds. The molecule has 0 saturated heterocycles. The number of hydrogen-bond acceptors (Lipinski definition) is 2. The summed E-state index contributed by atoms with van der Waals surface area (Å²) < 4.78 is 0. The lowest BCUT2D eigenvalue weighted by Crippen LogP contribution is -2.42. The van der Waals surface area contributed by atoms with Gasteiger partial charge in [0.15, 0.2) is 0 Å². The van der Waals surface area contributed by atoms with E-state index in [9.17, 15) is 0 Å². The van der Waals surface area contributed by atoms with Crippen LogP contribution < -0.4 is 5.32 Å². The van der Waals surface area contributed by atoms with Gasteiger partial charge in [-0.25, -0.2) is 0 Å². The topological polar surface area (TPSA) is 32.3 Å². The van der Waals surface area contributed by atoms with Gasteiger partial charge in [0.2, 0.25) is 0 Å². The maximum absolute atomic E-state index is 8.92. The molecule has 1 saturated carbocycles. The lowest BCUT2D eigenvalue weighted by atomic mass is 9.82. The Balaban J connectivity index is 1.95. The minimum atomic E-state index is -0.198. The third-order valence-corrected chi connectivity index (χ3v) is 2.08. The van der Waals surface area contributed by atoms with Crippen molar-refractivity contribution in [1.82, 2.24) is 5.32 Å². The van der Waals surface area contributed by atoms with Crippen LogP contribution in [0.2, 0.25) is 0 Å². The standard InChI is InChI=1S/C8H17NO/c1-6-3-8(4-6)9-5-7(2)10/h6-10H,3-5H2,1-2H3. The Bertz CT molecular complexity index is 97.4. The molecular weight excluding hydrogens is 126 g/mol. The number of aliphatic hydroxyl groups is 1. The first-order valence-corrected chi connectivity index (χ1v) is 4.10. The molecule has 2 heteroatoms. The van der Waals surface area contributed by atoms with Crippen LogP contribution >= 0.6 is 0 Å². The maximum Gasteiger partial charge on any atom is 0.0636 e. The first-order chi connectivity index (χ1) is 4.68. The molecule has 0 aromatic carbocycles. The molecule has 1 unspecified atom stereocenters. The van der Waals surface area contributed by atoms with Crippen LogP contribution in [-0.4, -0.2) is 23.8 Å². The summed E-state index contributed by atoms with van der Waals surface area (Å²) in [6.45, 7) is 4.83. The second-order valence-corrected chi connectivity index (χ2v) is 3.53. The molecule has 1 fully saturated rings. The van der Waals surface area contributed by atoms with Crippen LogP contribution in [0.4, 0.5) is 0 Å². The third kappa shape index (κ3) is 2.27. The number of nitrogens with one attached hydrogen (secondary N) is 1. The number of aliphatic hydroxyl groups excluding tert-OH is 1. The fourth-order valence-corrected chi connectivity index (χ4v) is 1.41. The van der Waals surface area contributed by atoms with E-state index in [2.05, 4.69) is 12.2 Å². The fraction of sp³-hybridized carbons (Fsp3) is 1.00. The van der Waals surface area contributed by atoms with Gasteiger partial charge in [0.1, 0.15) is 0 Å². The third-order valence-electron chi connectivity index (χ3n) is 2.08. The first-order valence-electron chi connectivity index (χ1n) is 4.10. The molecule has 10 heavy (non-hydrogen) atoms. The van der Waals surface area contributed by atoms with Crippen LogP contribution in [0.25, 0.3) is 0 Å². The maximum atomic E-state index is 8.92. The summed E-state index contributed by atoms with van der Waals surface area (Å²) in [4.78, 5) is 0. The summed E-state index contributed by atoms with van der Waals surface area (Å²) in [6.07, 6.45) is 2.37. The van der Waals surface area contributed by atoms with Crippen molar-refractivity contribution in [3.63, 3.8) is 0 Å². The Morgan fingerprint density at radius 3 is 2.60 bits per heavy atom. The molecule has 0 spiro atoms. The van der Waals surface area contributed by atoms with Gasteiger partial charge in [-0.2, -0.15) is 0 Å². The van der Waals surface area contributed by atoms with Gasteiger partial charge < -0.3 is 10.4 Å². The van der Waals surface area contributed by atoms with E-state index in [-0.39, 0.29) is 6.10 Å². The second-order valence-electron chi connectivity index (χ2n) is 3.53. The Hall–Kier alpha value is -0.0800. The smallest absolute Gasteiger partial charge is 0.0636 e. The molecule has 0 bridgehead atoms. The molecule has 1 aliphatic rings. The van der Waals surface area contributed by atoms with E-state index in [1.165, 1.54) is 12.8 Å². The Morgan fingerprint density at radius 1 is 1.60 bits per heavy atom. The van der Waals surface area contributed by atoms with E-state index in [1.807, 2.05) is 6.92 Å². The van der Waals surface area contributed by atoms with Crippen molar-refractivity contribution in [1.29, 1.82) is 0 Å². The monoisotopic (exact) mass is 143 g/mol. The van der Waals surface area contributed by atoms with Crippen molar-refractivity contribution in [3.8, 4) is 0 Å². The van der Waals surface area contributed by atoms with Crippen LogP contribution in [-0.2, 0) is 0 Å². The van der Waals surface area contributed by atoms with Gasteiger partial charge in [0.05, 0.1) is 6.10 Å². The van der Waals surface area contributed by atoms with E-state index in [4.69, 9.17) is 5.11 Å². The van der Waals surface area contributed by atoms with E-state index >= 15 is 0 Å². The molecule has 0 radical (unpaired) electrons. The van der Waals surface area contributed by atoms with E-state index in [0.717, 1.165) is 12.5 Å². The lowest BCUT2D eigenvalue weighted by Gasteiger charge is -2.33. The Morgan fingerprint density at radius 2 is 2.20 bits per heavy atom. The van der Waals surface area contributed by atoms with Crippen LogP contribution in [0, 0.1) is 5.92 Å². The summed E-state index contributed by atoms with van der Waals surface area (Å²) in [5, 5.41) is 12.2. The van der Waals surface area contributed by atoms with Gasteiger partial charge in [0, 0.05) is 12.6 Å². The van der Waals surface area contributed by atoms with Gasteiger partial charge in [-0.05, 0) is 25.7 Å². The predicted molar refractivity (Wildman–Crippen MR) is 41.9 cm³/mol. The largest absolute Gasteiger partial charge is 0.392 e. The summed E-state index contributed by atoms with van der Waals surface area (Å²) in [7, 11) is 0. The van der Waals surface area contributed by atoms with E-state index in [0.29, 0.717) is 6.04 Å². The molecule has 60 valence electrons. The van der Waals surface area contributed by atoms with Gasteiger partial charge in [-0.1, -0.05) is 6.92 Å². The van der Waals surface area contributed by atoms with Gasteiger partial charge in [-0.3, -0.25) is 0 Å². The number of rotatable bonds is 3. The molecule has 1 aliphatic carbocycles. The van der Waals surface area contributed by atoms with Crippen molar-refractivity contribution in [2.24, 2.45) is 5.92 Å². The highest BCUT2D eigenvalue weighted by Gasteiger charge is 2.24. The molecule has 0 aromatic heterocycles. The van der Waals surface area contributed by atoms with Gasteiger partial charge in [-0.15, -0.1) is 0 Å². The first kappa shape index (κ1) is 8.02. The summed E-state index contributed by atoms with van der Waals surface area (Å²) in [5.41, 5.74) is 0. The number of hydrogen-bond donors (Lipinski definition) is 2. The van der Waals surface area contributed by atoms with Crippen LogP contribution in [0.1, 0.15) is 26.7 Å². The molecule has 2 nitrogen and oxygen atoms in total. The molecule has 1 atom stereocenters. The SMILES string of the molecule is CC(O)CNC1CC(C)C1. The Kier molecular flexibility index (Phi) is 2.69. The van der Waals surface area contributed by atoms with Crippen molar-refractivity contribution in [2.75, 3.05) is 6.54 Å². The normalized spacial score (nSPS) is 35.1. The molecule has 2 N–H and O–H groups in total. The highest BCUT2D eigenvalue weighted by atomic mass is 16.3. The summed E-state index contributed by atoms with van der Waals surface area (Å²) in [5.74, 6) is 0.895. The van der Waals surface area contributed by atoms with Crippen LogP contribution in [0.5, 0.6) is 0 Å². The second kappa shape index (κ2) is 3.35. The van der Waals surface area contributed by atoms with Gasteiger partial charge in [0.25, 0.3) is 0 Å². The predicted octanol–water partition coefficient (Wildman–Crippen LogP) is 0.755. The van der Waals surface area contributed by atoms with E-state index < -0.39 is 0 Å². The molecule has 1 rings (SSSR count). The average molecular weight is 143 g/mol. The summed E-state index contributed by atoms with van der Waals surface area (Å²) >= 11 is 0. The van der Waals surface area contributed by atoms with Crippen LogP contribution in [0.15, 0.2) is 0 Å². The highest BCUT2D eigenvalue weighted by Crippen LogP contribution is 2.25. The zero-order chi connectivity index (χ0) is 7.56. The molecule has 0 heterocycles. The lowest BCUT2D eigenvalue weighted by molar-refractivity contribution is 0.162. The van der Waals surface area contributed by atoms with E-state index in [1.54, 1.807) is 0 Å². The zero-order valence-corrected chi connectivity index (χ0v) is 6.80. The van der Waals surface area contributed by atoms with Crippen molar-refractivity contribution < 1.29 is 5.11 Å². The van der Waals surface area contributed by atoms with Crippen molar-refractivity contribution in [3.05, 3.63) is 0 Å². The quantitative estimate of drug-likeness (QED) is 0.611. The minimum absolute atomic E-state index is 0.198. The molecule has 0 aromatic rings. The highest BCUT2D eigenvalue weighted by molar-refractivity contribution is 4.82. The molecular formula is C8H17NO. The van der Waals surface area contributed by atoms with Crippen molar-refractivity contribution >= 4 is 0 Å². The van der Waals surface area contributed by atoms with Crippen molar-refractivity contribution in [2.45, 2.75) is 38.8 Å².